The van der Waals surface area contributed by atoms with Gasteiger partial charge in [-0.25, -0.2) is 4.79 Å². The fourth-order valence-electron chi connectivity index (χ4n) is 2.15. The molecule has 0 spiro atoms. The molecule has 4 nitrogen and oxygen atoms in total. The van der Waals surface area contributed by atoms with Crippen molar-refractivity contribution in [3.8, 4) is 0 Å². The van der Waals surface area contributed by atoms with Crippen molar-refractivity contribution >= 4 is 39.6 Å². The maximum atomic E-state index is 12.4. The van der Waals surface area contributed by atoms with Crippen LogP contribution >= 0.6 is 27.7 Å². The first-order valence-electron chi connectivity index (χ1n) is 7.86. The third kappa shape index (κ3) is 6.55. The fraction of sp³-hybridized carbons (Fsp3) is 0.263. The zero-order valence-electron chi connectivity index (χ0n) is 13.9. The van der Waals surface area contributed by atoms with Gasteiger partial charge < -0.3 is 10.1 Å². The number of hydrogen-bond acceptors (Lipinski definition) is 4. The molecule has 0 aromatic heterocycles. The topological polar surface area (TPSA) is 55.4 Å². The van der Waals surface area contributed by atoms with Crippen LogP contribution in [0.25, 0.3) is 0 Å². The summed E-state index contributed by atoms with van der Waals surface area (Å²) in [6.07, 6.45) is 2.49. The monoisotopic (exact) mass is 421 g/mol. The highest BCUT2D eigenvalue weighted by atomic mass is 79.9. The quantitative estimate of drug-likeness (QED) is 0.653. The highest BCUT2D eigenvalue weighted by Gasteiger charge is 2.22. The minimum Gasteiger partial charge on any atom is -0.459 e. The SMILES string of the molecule is CSCCC(NC(=O)c1ccccc1)C(=O)OCc1ccc(Br)cc1. The van der Waals surface area contributed by atoms with Crippen LogP contribution < -0.4 is 5.32 Å². The number of carbonyl (C=O) groups is 2. The number of halogens is 1. The smallest absolute Gasteiger partial charge is 0.329 e. The molecule has 0 aliphatic heterocycles. The summed E-state index contributed by atoms with van der Waals surface area (Å²) in [5.41, 5.74) is 1.42. The summed E-state index contributed by atoms with van der Waals surface area (Å²) in [6, 6.07) is 15.8. The fourth-order valence-corrected chi connectivity index (χ4v) is 2.89. The van der Waals surface area contributed by atoms with E-state index in [4.69, 9.17) is 4.74 Å². The highest BCUT2D eigenvalue weighted by molar-refractivity contribution is 9.10. The van der Waals surface area contributed by atoms with Crippen molar-refractivity contribution in [2.45, 2.75) is 19.1 Å². The molecule has 0 heterocycles. The van der Waals surface area contributed by atoms with Gasteiger partial charge in [0.2, 0.25) is 0 Å². The lowest BCUT2D eigenvalue weighted by Crippen LogP contribution is -2.42. The Hall–Kier alpha value is -1.79. The van der Waals surface area contributed by atoms with E-state index in [0.717, 1.165) is 15.8 Å². The van der Waals surface area contributed by atoms with Crippen molar-refractivity contribution in [1.82, 2.24) is 5.32 Å². The second kappa shape index (κ2) is 10.3. The van der Waals surface area contributed by atoms with Gasteiger partial charge in [-0.2, -0.15) is 11.8 Å². The average molecular weight is 422 g/mol. The van der Waals surface area contributed by atoms with Crippen LogP contribution in [-0.4, -0.2) is 29.9 Å². The zero-order chi connectivity index (χ0) is 18.1. The van der Waals surface area contributed by atoms with Crippen molar-refractivity contribution in [3.05, 3.63) is 70.2 Å². The lowest BCUT2D eigenvalue weighted by atomic mass is 10.1. The van der Waals surface area contributed by atoms with E-state index < -0.39 is 12.0 Å². The summed E-state index contributed by atoms with van der Waals surface area (Å²) < 4.78 is 6.35. The molecule has 0 saturated carbocycles. The Kier molecular flexibility index (Phi) is 8.01. The number of ether oxygens (including phenoxy) is 1. The molecule has 0 saturated heterocycles. The van der Waals surface area contributed by atoms with Crippen molar-refractivity contribution < 1.29 is 14.3 Å². The first-order chi connectivity index (χ1) is 12.1. The standard InChI is InChI=1S/C19H20BrNO3S/c1-25-12-11-17(21-18(22)15-5-3-2-4-6-15)19(23)24-13-14-7-9-16(20)10-8-14/h2-10,17H,11-13H2,1H3,(H,21,22). The molecule has 1 atom stereocenters. The lowest BCUT2D eigenvalue weighted by Gasteiger charge is -2.17. The summed E-state index contributed by atoms with van der Waals surface area (Å²) in [5, 5.41) is 2.78. The Morgan fingerprint density at radius 1 is 1.12 bits per heavy atom. The first kappa shape index (κ1) is 19.5. The number of hydrogen-bond donors (Lipinski definition) is 1. The Bertz CT molecular complexity index is 692. The van der Waals surface area contributed by atoms with Crippen LogP contribution in [0.4, 0.5) is 0 Å². The lowest BCUT2D eigenvalue weighted by molar-refractivity contribution is -0.147. The molecule has 0 aliphatic rings. The molecular weight excluding hydrogens is 402 g/mol. The molecule has 2 aromatic carbocycles. The number of carbonyl (C=O) groups excluding carboxylic acids is 2. The van der Waals surface area contributed by atoms with Gasteiger partial charge in [0.05, 0.1) is 0 Å². The van der Waals surface area contributed by atoms with Crippen molar-refractivity contribution in [2.75, 3.05) is 12.0 Å². The Morgan fingerprint density at radius 2 is 1.80 bits per heavy atom. The third-order valence-electron chi connectivity index (χ3n) is 3.53. The van der Waals surface area contributed by atoms with Gasteiger partial charge in [0.25, 0.3) is 5.91 Å². The van der Waals surface area contributed by atoms with E-state index in [1.165, 1.54) is 0 Å². The molecule has 25 heavy (non-hydrogen) atoms. The number of thioether (sulfide) groups is 1. The van der Waals surface area contributed by atoms with Crippen LogP contribution in [0.15, 0.2) is 59.1 Å². The van der Waals surface area contributed by atoms with E-state index in [2.05, 4.69) is 21.2 Å². The average Bonchev–Trinajstić information content (AvgIpc) is 2.65. The van der Waals surface area contributed by atoms with Gasteiger partial charge in [-0.15, -0.1) is 0 Å². The van der Waals surface area contributed by atoms with Crippen LogP contribution in [-0.2, 0) is 16.1 Å². The van der Waals surface area contributed by atoms with E-state index in [0.29, 0.717) is 12.0 Å². The summed E-state index contributed by atoms with van der Waals surface area (Å²) in [4.78, 5) is 24.7. The van der Waals surface area contributed by atoms with Gasteiger partial charge in [0, 0.05) is 10.0 Å². The van der Waals surface area contributed by atoms with Crippen molar-refractivity contribution in [1.29, 1.82) is 0 Å². The third-order valence-corrected chi connectivity index (χ3v) is 4.70. The maximum Gasteiger partial charge on any atom is 0.329 e. The second-order valence-electron chi connectivity index (χ2n) is 5.41. The Morgan fingerprint density at radius 3 is 2.44 bits per heavy atom. The largest absolute Gasteiger partial charge is 0.459 e. The summed E-state index contributed by atoms with van der Waals surface area (Å²) >= 11 is 4.99. The van der Waals surface area contributed by atoms with Gasteiger partial charge in [-0.3, -0.25) is 4.79 Å². The van der Waals surface area contributed by atoms with Crippen molar-refractivity contribution in [3.63, 3.8) is 0 Å². The number of benzene rings is 2. The minimum atomic E-state index is -0.657. The summed E-state index contributed by atoms with van der Waals surface area (Å²) in [6.45, 7) is 0.184. The number of amides is 1. The molecule has 0 radical (unpaired) electrons. The first-order valence-corrected chi connectivity index (χ1v) is 10.0. The van der Waals surface area contributed by atoms with E-state index >= 15 is 0 Å². The van der Waals surface area contributed by atoms with E-state index in [1.807, 2.05) is 36.6 Å². The van der Waals surface area contributed by atoms with Crippen molar-refractivity contribution in [2.24, 2.45) is 0 Å². The predicted molar refractivity (Wildman–Crippen MR) is 105 cm³/mol. The van der Waals surface area contributed by atoms with Gasteiger partial charge in [0.1, 0.15) is 12.6 Å². The van der Waals surface area contributed by atoms with Crippen LogP contribution in [0.5, 0.6) is 0 Å². The number of rotatable bonds is 8. The molecule has 6 heteroatoms. The molecule has 1 unspecified atom stereocenters. The van der Waals surface area contributed by atoms with Gasteiger partial charge in [0.15, 0.2) is 0 Å². The van der Waals surface area contributed by atoms with E-state index in [9.17, 15) is 9.59 Å². The van der Waals surface area contributed by atoms with E-state index in [-0.39, 0.29) is 12.5 Å². The zero-order valence-corrected chi connectivity index (χ0v) is 16.3. The van der Waals surface area contributed by atoms with E-state index in [1.54, 1.807) is 36.0 Å². The molecular formula is C19H20BrNO3S. The minimum absolute atomic E-state index is 0.184. The normalized spacial score (nSPS) is 11.6. The maximum absolute atomic E-state index is 12.4. The Balaban J connectivity index is 1.96. The molecule has 1 N–H and O–H groups in total. The highest BCUT2D eigenvalue weighted by Crippen LogP contribution is 2.12. The molecule has 0 bridgehead atoms. The molecule has 1 amide bonds. The summed E-state index contributed by atoms with van der Waals surface area (Å²) in [5.74, 6) is 0.0705. The Labute approximate surface area is 160 Å². The van der Waals surface area contributed by atoms with Crippen LogP contribution in [0.2, 0.25) is 0 Å². The number of esters is 1. The molecule has 0 aliphatic carbocycles. The molecule has 0 fully saturated rings. The number of nitrogens with one attached hydrogen (secondary N) is 1. The second-order valence-corrected chi connectivity index (χ2v) is 7.31. The van der Waals surface area contributed by atoms with Gasteiger partial charge in [-0.1, -0.05) is 46.3 Å². The van der Waals surface area contributed by atoms with Gasteiger partial charge >= 0.3 is 5.97 Å². The van der Waals surface area contributed by atoms with Crippen LogP contribution in [0, 0.1) is 0 Å². The molecule has 2 rings (SSSR count). The van der Waals surface area contributed by atoms with Crippen LogP contribution in [0.3, 0.4) is 0 Å². The van der Waals surface area contributed by atoms with Crippen LogP contribution in [0.1, 0.15) is 22.3 Å². The van der Waals surface area contributed by atoms with Gasteiger partial charge in [-0.05, 0) is 48.3 Å². The predicted octanol–water partition coefficient (Wildman–Crippen LogP) is 4.04. The molecule has 132 valence electrons. The molecule has 2 aromatic rings. The summed E-state index contributed by atoms with van der Waals surface area (Å²) in [7, 11) is 0.